The molecule has 27 heavy (non-hydrogen) atoms. The molecular formula is C21H20N2O4. The Balaban J connectivity index is 2.10. The minimum absolute atomic E-state index is 0.0147. The number of nitrogens with zero attached hydrogens (tertiary/aromatic N) is 1. The van der Waals surface area contributed by atoms with Gasteiger partial charge in [-0.1, -0.05) is 24.3 Å². The summed E-state index contributed by atoms with van der Waals surface area (Å²) in [5.74, 6) is -0.470. The van der Waals surface area contributed by atoms with Crippen LogP contribution in [0.1, 0.15) is 16.7 Å². The van der Waals surface area contributed by atoms with E-state index in [1.54, 1.807) is 24.3 Å². The highest BCUT2D eigenvalue weighted by Crippen LogP contribution is 2.19. The van der Waals surface area contributed by atoms with Crippen LogP contribution in [0.5, 0.6) is 5.75 Å². The number of ether oxygens (including phenoxy) is 2. The molecule has 2 aromatic carbocycles. The van der Waals surface area contributed by atoms with Gasteiger partial charge in [-0.05, 0) is 54.8 Å². The van der Waals surface area contributed by atoms with Crippen molar-refractivity contribution >= 4 is 23.6 Å². The first-order valence-electron chi connectivity index (χ1n) is 8.23. The van der Waals surface area contributed by atoms with Gasteiger partial charge in [-0.15, -0.1) is 0 Å². The van der Waals surface area contributed by atoms with Crippen molar-refractivity contribution in [2.24, 2.45) is 0 Å². The summed E-state index contributed by atoms with van der Waals surface area (Å²) < 4.78 is 9.76. The highest BCUT2D eigenvalue weighted by Gasteiger charge is 2.11. The lowest BCUT2D eigenvalue weighted by Crippen LogP contribution is -2.14. The molecule has 6 heteroatoms. The number of nitriles is 1. The Kier molecular flexibility index (Phi) is 6.73. The van der Waals surface area contributed by atoms with E-state index in [9.17, 15) is 14.9 Å². The van der Waals surface area contributed by atoms with Gasteiger partial charge in [0.25, 0.3) is 5.91 Å². The van der Waals surface area contributed by atoms with Gasteiger partial charge in [-0.2, -0.15) is 5.26 Å². The molecule has 0 bridgehead atoms. The molecule has 1 amide bonds. The minimum Gasteiger partial charge on any atom is -0.482 e. The van der Waals surface area contributed by atoms with Gasteiger partial charge in [-0.25, -0.2) is 4.79 Å². The van der Waals surface area contributed by atoms with Gasteiger partial charge >= 0.3 is 5.97 Å². The summed E-state index contributed by atoms with van der Waals surface area (Å²) in [5, 5.41) is 12.1. The zero-order chi connectivity index (χ0) is 19.8. The van der Waals surface area contributed by atoms with Crippen LogP contribution in [0.3, 0.4) is 0 Å². The molecule has 2 aromatic rings. The lowest BCUT2D eigenvalue weighted by atomic mass is 10.1. The van der Waals surface area contributed by atoms with Crippen molar-refractivity contribution in [2.75, 3.05) is 19.0 Å². The SMILES string of the molecule is COC(=O)COc1ccc(/C=C(\C#N)C(=O)Nc2cc(C)ccc2C)cc1. The summed E-state index contributed by atoms with van der Waals surface area (Å²) >= 11 is 0. The Morgan fingerprint density at radius 2 is 1.85 bits per heavy atom. The maximum atomic E-state index is 12.4. The second kappa shape index (κ2) is 9.20. The van der Waals surface area contributed by atoms with E-state index in [1.165, 1.54) is 13.2 Å². The second-order valence-electron chi connectivity index (χ2n) is 5.88. The molecule has 0 fully saturated rings. The molecule has 138 valence electrons. The molecule has 2 rings (SSSR count). The van der Waals surface area contributed by atoms with Crippen molar-refractivity contribution < 1.29 is 19.1 Å². The zero-order valence-corrected chi connectivity index (χ0v) is 15.4. The van der Waals surface area contributed by atoms with Crippen molar-refractivity contribution in [3.05, 3.63) is 64.7 Å². The molecule has 0 saturated carbocycles. The van der Waals surface area contributed by atoms with Gasteiger partial charge < -0.3 is 14.8 Å². The molecule has 0 spiro atoms. The molecule has 6 nitrogen and oxygen atoms in total. The number of amides is 1. The zero-order valence-electron chi connectivity index (χ0n) is 15.4. The monoisotopic (exact) mass is 364 g/mol. The van der Waals surface area contributed by atoms with E-state index in [-0.39, 0.29) is 12.2 Å². The fourth-order valence-corrected chi connectivity index (χ4v) is 2.24. The molecule has 0 saturated heterocycles. The molecule has 0 radical (unpaired) electrons. The number of nitrogens with one attached hydrogen (secondary N) is 1. The van der Waals surface area contributed by atoms with Crippen molar-refractivity contribution in [2.45, 2.75) is 13.8 Å². The van der Waals surface area contributed by atoms with Crippen LogP contribution < -0.4 is 10.1 Å². The highest BCUT2D eigenvalue weighted by molar-refractivity contribution is 6.10. The largest absolute Gasteiger partial charge is 0.482 e. The minimum atomic E-state index is -0.478. The van der Waals surface area contributed by atoms with Gasteiger partial charge in [0.15, 0.2) is 6.61 Å². The number of rotatable bonds is 6. The molecule has 1 N–H and O–H groups in total. The second-order valence-corrected chi connectivity index (χ2v) is 5.88. The normalized spacial score (nSPS) is 10.7. The third-order valence-electron chi connectivity index (χ3n) is 3.78. The number of hydrogen-bond acceptors (Lipinski definition) is 5. The van der Waals surface area contributed by atoms with Crippen molar-refractivity contribution in [1.82, 2.24) is 0 Å². The number of carbonyl (C=O) groups is 2. The summed E-state index contributed by atoms with van der Waals surface area (Å²) in [5.41, 5.74) is 3.25. The van der Waals surface area contributed by atoms with Crippen LogP contribution in [0.2, 0.25) is 0 Å². The van der Waals surface area contributed by atoms with Gasteiger partial charge in [0.2, 0.25) is 0 Å². The predicted octanol–water partition coefficient (Wildman–Crippen LogP) is 3.40. The lowest BCUT2D eigenvalue weighted by Gasteiger charge is -2.09. The summed E-state index contributed by atoms with van der Waals surface area (Å²) in [4.78, 5) is 23.5. The summed E-state index contributed by atoms with van der Waals surface area (Å²) in [6.45, 7) is 3.63. The topological polar surface area (TPSA) is 88.4 Å². The molecule has 0 aliphatic carbocycles. The van der Waals surface area contributed by atoms with Crippen LogP contribution in [0, 0.1) is 25.2 Å². The van der Waals surface area contributed by atoms with Crippen molar-refractivity contribution in [1.29, 1.82) is 5.26 Å². The van der Waals surface area contributed by atoms with Crippen LogP contribution in [-0.2, 0) is 14.3 Å². The van der Waals surface area contributed by atoms with Gasteiger partial charge in [0, 0.05) is 5.69 Å². The Morgan fingerprint density at radius 1 is 1.15 bits per heavy atom. The molecule has 0 aliphatic heterocycles. The number of methoxy groups -OCH3 is 1. The van der Waals surface area contributed by atoms with E-state index in [0.29, 0.717) is 17.0 Å². The first-order chi connectivity index (χ1) is 12.9. The van der Waals surface area contributed by atoms with E-state index < -0.39 is 11.9 Å². The maximum Gasteiger partial charge on any atom is 0.343 e. The van der Waals surface area contributed by atoms with Crippen LogP contribution >= 0.6 is 0 Å². The Morgan fingerprint density at radius 3 is 2.48 bits per heavy atom. The van der Waals surface area contributed by atoms with Crippen molar-refractivity contribution in [3.63, 3.8) is 0 Å². The molecular weight excluding hydrogens is 344 g/mol. The van der Waals surface area contributed by atoms with E-state index >= 15 is 0 Å². The predicted molar refractivity (Wildman–Crippen MR) is 102 cm³/mol. The molecule has 0 heterocycles. The first kappa shape index (κ1) is 19.7. The third kappa shape index (κ3) is 5.72. The van der Waals surface area contributed by atoms with E-state index in [4.69, 9.17) is 4.74 Å². The van der Waals surface area contributed by atoms with Crippen molar-refractivity contribution in [3.8, 4) is 11.8 Å². The molecule has 0 aliphatic rings. The lowest BCUT2D eigenvalue weighted by molar-refractivity contribution is -0.142. The number of anilines is 1. The van der Waals surface area contributed by atoms with Crippen LogP contribution in [0.25, 0.3) is 6.08 Å². The molecule has 0 atom stereocenters. The number of hydrogen-bond donors (Lipinski definition) is 1. The van der Waals surface area contributed by atoms with E-state index in [2.05, 4.69) is 10.1 Å². The van der Waals surface area contributed by atoms with Gasteiger partial charge in [0.1, 0.15) is 17.4 Å². The average molecular weight is 364 g/mol. The standard InChI is InChI=1S/C21H20N2O4/c1-14-4-5-15(2)19(10-14)23-21(25)17(12-22)11-16-6-8-18(9-7-16)27-13-20(24)26-3/h4-11H,13H2,1-3H3,(H,23,25)/b17-11+. The number of carbonyl (C=O) groups excluding carboxylic acids is 2. The van der Waals surface area contributed by atoms with Crippen LogP contribution in [0.15, 0.2) is 48.0 Å². The fourth-order valence-electron chi connectivity index (χ4n) is 2.24. The summed E-state index contributed by atoms with van der Waals surface area (Å²) in [7, 11) is 1.28. The maximum absolute atomic E-state index is 12.4. The number of esters is 1. The van der Waals surface area contributed by atoms with Crippen LogP contribution in [0.4, 0.5) is 5.69 Å². The summed E-state index contributed by atoms with van der Waals surface area (Å²) in [6.07, 6.45) is 1.49. The van der Waals surface area contributed by atoms with Gasteiger partial charge in [0.05, 0.1) is 7.11 Å². The number of benzene rings is 2. The molecule has 0 unspecified atom stereocenters. The Hall–Kier alpha value is -3.59. The van der Waals surface area contributed by atoms with E-state index in [0.717, 1.165) is 11.1 Å². The average Bonchev–Trinajstić information content (AvgIpc) is 2.67. The smallest absolute Gasteiger partial charge is 0.343 e. The van der Waals surface area contributed by atoms with Gasteiger partial charge in [-0.3, -0.25) is 4.79 Å². The fraction of sp³-hybridized carbons (Fsp3) is 0.190. The molecule has 0 aromatic heterocycles. The van der Waals surface area contributed by atoms with E-state index in [1.807, 2.05) is 38.1 Å². The third-order valence-corrected chi connectivity index (χ3v) is 3.78. The number of aryl methyl sites for hydroxylation is 2. The Bertz CT molecular complexity index is 909. The summed E-state index contributed by atoms with van der Waals surface area (Å²) in [6, 6.07) is 14.3. The van der Waals surface area contributed by atoms with Crippen LogP contribution in [-0.4, -0.2) is 25.6 Å². The first-order valence-corrected chi connectivity index (χ1v) is 8.23. The quantitative estimate of drug-likeness (QED) is 0.482. The Labute approximate surface area is 158 Å². The highest BCUT2D eigenvalue weighted by atomic mass is 16.6.